The average molecular weight is 533 g/mol. The minimum absolute atomic E-state index is 0.150. The molecule has 0 unspecified atom stereocenters. The molecule has 3 aromatic carbocycles. The maximum absolute atomic E-state index is 12.7. The van der Waals surface area contributed by atoms with Crippen LogP contribution in [0.1, 0.15) is 10.4 Å². The van der Waals surface area contributed by atoms with Crippen molar-refractivity contribution >= 4 is 78.0 Å². The second-order valence-electron chi connectivity index (χ2n) is 6.43. The number of fused-ring (bicyclic) bond motifs is 1. The van der Waals surface area contributed by atoms with Crippen molar-refractivity contribution in [3.8, 4) is 16.3 Å². The molecule has 2 N–H and O–H groups in total. The Hall–Kier alpha value is -2.52. The number of hydrogen-bond donors (Lipinski definition) is 2. The molecule has 0 aliphatic carbocycles. The van der Waals surface area contributed by atoms with Crippen LogP contribution in [0.3, 0.4) is 0 Å². The summed E-state index contributed by atoms with van der Waals surface area (Å²) in [6, 6.07) is 18.5. The third-order valence-electron chi connectivity index (χ3n) is 4.39. The molecule has 1 aromatic heterocycles. The summed E-state index contributed by atoms with van der Waals surface area (Å²) in [6.45, 7) is 0. The lowest BCUT2D eigenvalue weighted by atomic mass is 10.2. The molecular formula is C22H15BrClN3O2S2. The number of ether oxygens (including phenoxy) is 1. The molecule has 0 atom stereocenters. The van der Waals surface area contributed by atoms with Gasteiger partial charge in [-0.3, -0.25) is 10.1 Å². The van der Waals surface area contributed by atoms with Crippen LogP contribution >= 0.6 is 51.1 Å². The van der Waals surface area contributed by atoms with Crippen molar-refractivity contribution in [3.63, 3.8) is 0 Å². The van der Waals surface area contributed by atoms with Crippen molar-refractivity contribution < 1.29 is 9.53 Å². The molecule has 0 aliphatic rings. The molecule has 1 amide bonds. The molecule has 0 saturated heterocycles. The van der Waals surface area contributed by atoms with E-state index in [1.165, 1.54) is 13.2 Å². The molecule has 0 spiro atoms. The Morgan fingerprint density at radius 1 is 1.16 bits per heavy atom. The van der Waals surface area contributed by atoms with E-state index >= 15 is 0 Å². The Labute approximate surface area is 201 Å². The molecule has 4 aromatic rings. The largest absolute Gasteiger partial charge is 0.496 e. The van der Waals surface area contributed by atoms with Crippen molar-refractivity contribution in [1.82, 2.24) is 10.3 Å². The molecule has 4 rings (SSSR count). The van der Waals surface area contributed by atoms with Gasteiger partial charge in [0.1, 0.15) is 10.8 Å². The number of carbonyl (C=O) groups excluding carboxylic acids is 1. The molecule has 1 heterocycles. The first-order valence-corrected chi connectivity index (χ1v) is 11.5. The maximum Gasteiger partial charge on any atom is 0.261 e. The summed E-state index contributed by atoms with van der Waals surface area (Å²) >= 11 is 16.5. The highest BCUT2D eigenvalue weighted by Gasteiger charge is 2.16. The number of nitrogens with one attached hydrogen (secondary N) is 2. The third-order valence-corrected chi connectivity index (χ3v) is 6.39. The first kappa shape index (κ1) is 21.7. The van der Waals surface area contributed by atoms with Gasteiger partial charge < -0.3 is 10.1 Å². The van der Waals surface area contributed by atoms with Crippen LogP contribution < -0.4 is 15.4 Å². The molecule has 0 saturated carbocycles. The Morgan fingerprint density at radius 3 is 2.74 bits per heavy atom. The first-order chi connectivity index (χ1) is 14.9. The van der Waals surface area contributed by atoms with Crippen LogP contribution in [0.15, 0.2) is 65.1 Å². The summed E-state index contributed by atoms with van der Waals surface area (Å²) in [7, 11) is 1.49. The number of benzene rings is 3. The van der Waals surface area contributed by atoms with Gasteiger partial charge in [0.2, 0.25) is 0 Å². The number of carbonyl (C=O) groups is 1. The van der Waals surface area contributed by atoms with Crippen molar-refractivity contribution in [3.05, 3.63) is 75.7 Å². The van der Waals surface area contributed by atoms with E-state index in [0.717, 1.165) is 30.9 Å². The number of para-hydroxylation sites is 1. The lowest BCUT2D eigenvalue weighted by Gasteiger charge is -2.14. The van der Waals surface area contributed by atoms with Crippen molar-refractivity contribution in [2.75, 3.05) is 12.4 Å². The number of anilines is 1. The SMILES string of the molecule is COc1ccc(Cl)cc1C(=O)NC(=S)Nc1ccc(Br)cc1-c1nc2ccccc2s1. The average Bonchev–Trinajstić information content (AvgIpc) is 3.19. The number of thiocarbonyl (C=S) groups is 1. The predicted molar refractivity (Wildman–Crippen MR) is 134 cm³/mol. The predicted octanol–water partition coefficient (Wildman–Crippen LogP) is 6.51. The summed E-state index contributed by atoms with van der Waals surface area (Å²) in [5, 5.41) is 7.21. The van der Waals surface area contributed by atoms with E-state index in [2.05, 4.69) is 26.6 Å². The molecular weight excluding hydrogens is 518 g/mol. The molecule has 0 bridgehead atoms. The monoisotopic (exact) mass is 531 g/mol. The minimum Gasteiger partial charge on any atom is -0.496 e. The smallest absolute Gasteiger partial charge is 0.261 e. The van der Waals surface area contributed by atoms with Gasteiger partial charge in [-0.15, -0.1) is 11.3 Å². The number of methoxy groups -OCH3 is 1. The Morgan fingerprint density at radius 2 is 1.97 bits per heavy atom. The fraction of sp³-hybridized carbons (Fsp3) is 0.0455. The van der Waals surface area contributed by atoms with Gasteiger partial charge in [0.15, 0.2) is 5.11 Å². The first-order valence-electron chi connectivity index (χ1n) is 9.06. The zero-order valence-electron chi connectivity index (χ0n) is 16.1. The molecule has 156 valence electrons. The van der Waals surface area contributed by atoms with Crippen LogP contribution in [0.25, 0.3) is 20.8 Å². The maximum atomic E-state index is 12.7. The second kappa shape index (κ2) is 9.32. The van der Waals surface area contributed by atoms with E-state index in [-0.39, 0.29) is 5.11 Å². The number of thiazole rings is 1. The normalized spacial score (nSPS) is 10.7. The van der Waals surface area contributed by atoms with Crippen LogP contribution in [0.4, 0.5) is 5.69 Å². The van der Waals surface area contributed by atoms with Gasteiger partial charge in [0, 0.05) is 15.1 Å². The highest BCUT2D eigenvalue weighted by atomic mass is 79.9. The molecule has 9 heteroatoms. The Kier molecular flexibility index (Phi) is 6.52. The van der Waals surface area contributed by atoms with Crippen molar-refractivity contribution in [2.24, 2.45) is 0 Å². The number of hydrogen-bond acceptors (Lipinski definition) is 5. The summed E-state index contributed by atoms with van der Waals surface area (Å²) in [6.07, 6.45) is 0. The fourth-order valence-electron chi connectivity index (χ4n) is 2.97. The van der Waals surface area contributed by atoms with Crippen LogP contribution in [0.5, 0.6) is 5.75 Å². The topological polar surface area (TPSA) is 63.2 Å². The van der Waals surface area contributed by atoms with Gasteiger partial charge in [-0.2, -0.15) is 0 Å². The van der Waals surface area contributed by atoms with Gasteiger partial charge in [0.25, 0.3) is 5.91 Å². The number of halogens is 2. The van der Waals surface area contributed by atoms with Gasteiger partial charge in [-0.1, -0.05) is 39.7 Å². The summed E-state index contributed by atoms with van der Waals surface area (Å²) in [4.78, 5) is 17.4. The van der Waals surface area contributed by atoms with Gasteiger partial charge in [0.05, 0.1) is 28.6 Å². The van der Waals surface area contributed by atoms with E-state index < -0.39 is 5.91 Å². The number of nitrogens with zero attached hydrogens (tertiary/aromatic N) is 1. The number of aromatic nitrogens is 1. The van der Waals surface area contributed by atoms with E-state index in [9.17, 15) is 4.79 Å². The highest BCUT2D eigenvalue weighted by Crippen LogP contribution is 2.36. The Balaban J connectivity index is 1.59. The standard InChI is InChI=1S/C22H15BrClN3O2S2/c1-29-18-9-7-13(24)11-15(18)20(28)27-22(30)26-16-8-6-12(23)10-14(16)21-25-17-4-2-3-5-19(17)31-21/h2-11H,1H3,(H2,26,27,28,30). The third kappa shape index (κ3) is 4.88. The minimum atomic E-state index is -0.421. The lowest BCUT2D eigenvalue weighted by Crippen LogP contribution is -2.34. The van der Waals surface area contributed by atoms with E-state index in [0.29, 0.717) is 16.3 Å². The molecule has 0 fully saturated rings. The van der Waals surface area contributed by atoms with Crippen molar-refractivity contribution in [1.29, 1.82) is 0 Å². The zero-order chi connectivity index (χ0) is 22.0. The van der Waals surface area contributed by atoms with E-state index in [4.69, 9.17) is 33.5 Å². The fourth-order valence-corrected chi connectivity index (χ4v) is 4.70. The summed E-state index contributed by atoms with van der Waals surface area (Å²) in [5.74, 6) is -0.0148. The molecule has 5 nitrogen and oxygen atoms in total. The molecule has 0 aliphatic heterocycles. The Bertz CT molecular complexity index is 1280. The van der Waals surface area contributed by atoms with Crippen molar-refractivity contribution in [2.45, 2.75) is 0 Å². The molecule has 0 radical (unpaired) electrons. The van der Waals surface area contributed by atoms with Crippen LogP contribution in [0.2, 0.25) is 5.02 Å². The van der Waals surface area contributed by atoms with E-state index in [1.54, 1.807) is 23.5 Å². The van der Waals surface area contributed by atoms with Gasteiger partial charge in [-0.05, 0) is 60.7 Å². The summed E-state index contributed by atoms with van der Waals surface area (Å²) < 4.78 is 7.24. The quantitative estimate of drug-likeness (QED) is 0.293. The van der Waals surface area contributed by atoms with Crippen LogP contribution in [-0.4, -0.2) is 23.1 Å². The number of amides is 1. The van der Waals surface area contributed by atoms with Crippen LogP contribution in [-0.2, 0) is 0 Å². The number of rotatable bonds is 4. The molecule has 31 heavy (non-hydrogen) atoms. The van der Waals surface area contributed by atoms with Crippen LogP contribution in [0, 0.1) is 0 Å². The van der Waals surface area contributed by atoms with E-state index in [1.807, 2.05) is 42.5 Å². The second-order valence-corrected chi connectivity index (χ2v) is 9.22. The summed E-state index contributed by atoms with van der Waals surface area (Å²) in [5.41, 5.74) is 2.82. The zero-order valence-corrected chi connectivity index (χ0v) is 20.1. The van der Waals surface area contributed by atoms with Gasteiger partial charge in [-0.25, -0.2) is 4.98 Å². The highest BCUT2D eigenvalue weighted by molar-refractivity contribution is 9.10. The lowest BCUT2D eigenvalue weighted by molar-refractivity contribution is 0.0975. The van der Waals surface area contributed by atoms with Gasteiger partial charge >= 0.3 is 0 Å².